The van der Waals surface area contributed by atoms with Crippen molar-refractivity contribution in [1.82, 2.24) is 0 Å². The lowest BCUT2D eigenvalue weighted by atomic mass is 10.3. The Bertz CT molecular complexity index is 541. The van der Waals surface area contributed by atoms with Gasteiger partial charge in [-0.3, -0.25) is 4.79 Å². The second kappa shape index (κ2) is 5.01. The smallest absolute Gasteiger partial charge is 0.322 e. The molecule has 94 valence electrons. The topological polar surface area (TPSA) is 71.4 Å². The van der Waals surface area contributed by atoms with Crippen LogP contribution in [0.2, 0.25) is 5.02 Å². The van der Waals surface area contributed by atoms with Crippen molar-refractivity contribution in [3.05, 3.63) is 29.0 Å². The van der Waals surface area contributed by atoms with Gasteiger partial charge in [-0.05, 0) is 24.6 Å². The predicted octanol–water partition coefficient (Wildman–Crippen LogP) is 2.12. The molecule has 1 aromatic carbocycles. The Labute approximate surface area is 103 Å². The van der Waals surface area contributed by atoms with E-state index >= 15 is 0 Å². The van der Waals surface area contributed by atoms with Crippen LogP contribution in [-0.4, -0.2) is 24.7 Å². The van der Waals surface area contributed by atoms with E-state index in [-0.39, 0.29) is 16.3 Å². The number of carboxylic acid groups (broad SMARTS) is 1. The molecular weight excluding hydrogens is 271 g/mol. The van der Waals surface area contributed by atoms with Crippen molar-refractivity contribution >= 4 is 27.4 Å². The first-order valence-electron chi connectivity index (χ1n) is 4.72. The maximum absolute atomic E-state index is 12.9. The molecule has 0 heterocycles. The number of hydrogen-bond acceptors (Lipinski definition) is 3. The summed E-state index contributed by atoms with van der Waals surface area (Å²) in [7, 11) is -4.04. The Morgan fingerprint density at radius 3 is 2.53 bits per heavy atom. The lowest BCUT2D eigenvalue weighted by molar-refractivity contribution is -0.136. The molecule has 0 amide bonds. The van der Waals surface area contributed by atoms with Crippen molar-refractivity contribution in [2.24, 2.45) is 0 Å². The zero-order chi connectivity index (χ0) is 13.2. The summed E-state index contributed by atoms with van der Waals surface area (Å²) in [6.45, 7) is 1.45. The van der Waals surface area contributed by atoms with Crippen LogP contribution < -0.4 is 0 Å². The van der Waals surface area contributed by atoms with E-state index in [4.69, 9.17) is 16.7 Å². The average molecular weight is 281 g/mol. The lowest BCUT2D eigenvalue weighted by Gasteiger charge is -2.11. The largest absolute Gasteiger partial charge is 0.480 e. The molecule has 0 saturated carbocycles. The second-order valence-electron chi connectivity index (χ2n) is 3.36. The third-order valence-corrected chi connectivity index (χ3v) is 4.73. The number of hydrogen-bond donors (Lipinski definition) is 1. The van der Waals surface area contributed by atoms with Crippen LogP contribution >= 0.6 is 11.6 Å². The van der Waals surface area contributed by atoms with Crippen LogP contribution in [0.4, 0.5) is 4.39 Å². The first-order chi connectivity index (χ1) is 7.80. The highest BCUT2D eigenvalue weighted by Gasteiger charge is 2.32. The summed E-state index contributed by atoms with van der Waals surface area (Å²) in [4.78, 5) is 10.5. The highest BCUT2D eigenvalue weighted by Crippen LogP contribution is 2.23. The van der Waals surface area contributed by atoms with E-state index in [0.29, 0.717) is 0 Å². The van der Waals surface area contributed by atoms with Gasteiger partial charge in [0.1, 0.15) is 5.82 Å². The van der Waals surface area contributed by atoms with Crippen LogP contribution in [0.15, 0.2) is 23.1 Å². The molecule has 0 aromatic heterocycles. The summed E-state index contributed by atoms with van der Waals surface area (Å²) in [5.41, 5.74) is 0. The molecule has 0 saturated heterocycles. The van der Waals surface area contributed by atoms with Gasteiger partial charge in [0.2, 0.25) is 0 Å². The average Bonchev–Trinajstić information content (AvgIpc) is 2.21. The lowest BCUT2D eigenvalue weighted by Crippen LogP contribution is -2.29. The number of rotatable bonds is 4. The summed E-state index contributed by atoms with van der Waals surface area (Å²) >= 11 is 5.46. The van der Waals surface area contributed by atoms with Crippen LogP contribution in [0.3, 0.4) is 0 Å². The monoisotopic (exact) mass is 280 g/mol. The molecule has 1 unspecified atom stereocenters. The van der Waals surface area contributed by atoms with E-state index in [0.717, 1.165) is 18.2 Å². The Morgan fingerprint density at radius 1 is 1.53 bits per heavy atom. The van der Waals surface area contributed by atoms with Crippen LogP contribution in [0.1, 0.15) is 13.3 Å². The molecule has 4 nitrogen and oxygen atoms in total. The molecule has 0 radical (unpaired) electrons. The predicted molar refractivity (Wildman–Crippen MR) is 60.3 cm³/mol. The van der Waals surface area contributed by atoms with Crippen molar-refractivity contribution in [2.75, 3.05) is 0 Å². The minimum atomic E-state index is -4.04. The second-order valence-corrected chi connectivity index (χ2v) is 5.89. The van der Waals surface area contributed by atoms with Crippen LogP contribution in [-0.2, 0) is 14.6 Å². The highest BCUT2D eigenvalue weighted by atomic mass is 35.5. The van der Waals surface area contributed by atoms with E-state index in [9.17, 15) is 17.6 Å². The van der Waals surface area contributed by atoms with Crippen molar-refractivity contribution in [1.29, 1.82) is 0 Å². The maximum Gasteiger partial charge on any atom is 0.322 e. The van der Waals surface area contributed by atoms with E-state index in [1.165, 1.54) is 6.92 Å². The minimum Gasteiger partial charge on any atom is -0.480 e. The van der Waals surface area contributed by atoms with Crippen molar-refractivity contribution in [2.45, 2.75) is 23.5 Å². The molecule has 1 N–H and O–H groups in total. The summed E-state index contributed by atoms with van der Waals surface area (Å²) in [6.07, 6.45) is -0.0767. The quantitative estimate of drug-likeness (QED) is 0.858. The summed E-state index contributed by atoms with van der Waals surface area (Å²) in [5.74, 6) is -2.19. The third-order valence-electron chi connectivity index (χ3n) is 2.24. The van der Waals surface area contributed by atoms with Crippen LogP contribution in [0.25, 0.3) is 0 Å². The molecular formula is C10H10ClFO4S. The fraction of sp³-hybridized carbons (Fsp3) is 0.300. The molecule has 1 aromatic rings. The minimum absolute atomic E-state index is 0.0767. The Hall–Kier alpha value is -1.14. The first kappa shape index (κ1) is 13.9. The Kier molecular flexibility index (Phi) is 4.11. The highest BCUT2D eigenvalue weighted by molar-refractivity contribution is 7.92. The van der Waals surface area contributed by atoms with Crippen molar-refractivity contribution in [3.8, 4) is 0 Å². The molecule has 0 aliphatic carbocycles. The van der Waals surface area contributed by atoms with Gasteiger partial charge < -0.3 is 5.11 Å². The summed E-state index contributed by atoms with van der Waals surface area (Å²) < 4.78 is 36.7. The van der Waals surface area contributed by atoms with Gasteiger partial charge >= 0.3 is 5.97 Å². The number of aliphatic carboxylic acids is 1. The molecule has 7 heteroatoms. The van der Waals surface area contributed by atoms with Gasteiger partial charge in [-0.25, -0.2) is 12.8 Å². The molecule has 0 fully saturated rings. The molecule has 17 heavy (non-hydrogen) atoms. The molecule has 1 atom stereocenters. The van der Waals surface area contributed by atoms with Gasteiger partial charge in [0, 0.05) is 0 Å². The molecule has 1 rings (SSSR count). The molecule has 0 aliphatic heterocycles. The molecule has 0 spiro atoms. The van der Waals surface area contributed by atoms with Gasteiger partial charge in [-0.1, -0.05) is 18.5 Å². The van der Waals surface area contributed by atoms with Gasteiger partial charge in [-0.2, -0.15) is 0 Å². The number of halogens is 2. The number of sulfone groups is 1. The van der Waals surface area contributed by atoms with Crippen LogP contribution in [0.5, 0.6) is 0 Å². The Morgan fingerprint density at radius 2 is 2.12 bits per heavy atom. The van der Waals surface area contributed by atoms with E-state index in [1.807, 2.05) is 0 Å². The maximum atomic E-state index is 12.9. The standard InChI is InChI=1S/C10H10ClFO4S/c1-2-9(10(13)14)17(15,16)6-3-4-8(12)7(11)5-6/h3-5,9H,2H2,1H3,(H,13,14). The van der Waals surface area contributed by atoms with Crippen LogP contribution in [0, 0.1) is 5.82 Å². The van der Waals surface area contributed by atoms with Crippen molar-refractivity contribution in [3.63, 3.8) is 0 Å². The van der Waals surface area contributed by atoms with Gasteiger partial charge in [-0.15, -0.1) is 0 Å². The van der Waals surface area contributed by atoms with Gasteiger partial charge in [0.15, 0.2) is 15.1 Å². The van der Waals surface area contributed by atoms with E-state index in [1.54, 1.807) is 0 Å². The SMILES string of the molecule is CCC(C(=O)O)S(=O)(=O)c1ccc(F)c(Cl)c1. The summed E-state index contributed by atoms with van der Waals surface area (Å²) in [5, 5.41) is 6.90. The summed E-state index contributed by atoms with van der Waals surface area (Å²) in [6, 6.07) is 2.81. The fourth-order valence-corrected chi connectivity index (χ4v) is 3.16. The zero-order valence-electron chi connectivity index (χ0n) is 8.85. The third kappa shape index (κ3) is 2.76. The normalized spacial score (nSPS) is 13.4. The number of carboxylic acids is 1. The zero-order valence-corrected chi connectivity index (χ0v) is 10.4. The number of benzene rings is 1. The Balaban J connectivity index is 3.30. The van der Waals surface area contributed by atoms with E-state index < -0.39 is 26.9 Å². The molecule has 0 aliphatic rings. The van der Waals surface area contributed by atoms with Gasteiger partial charge in [0.25, 0.3) is 0 Å². The first-order valence-corrected chi connectivity index (χ1v) is 6.65. The molecule has 0 bridgehead atoms. The van der Waals surface area contributed by atoms with Crippen molar-refractivity contribution < 1.29 is 22.7 Å². The van der Waals surface area contributed by atoms with E-state index in [2.05, 4.69) is 0 Å². The number of carbonyl (C=O) groups is 1. The van der Waals surface area contributed by atoms with Gasteiger partial charge in [0.05, 0.1) is 9.92 Å². The fourth-order valence-electron chi connectivity index (χ4n) is 1.34.